The second-order valence-corrected chi connectivity index (χ2v) is 13.0. The normalized spacial score (nSPS) is 15.7. The van der Waals surface area contributed by atoms with E-state index in [1.807, 2.05) is 5.51 Å². The van der Waals surface area contributed by atoms with E-state index in [0.717, 1.165) is 50.5 Å². The fraction of sp³-hybridized carbons (Fsp3) is 0.515. The van der Waals surface area contributed by atoms with E-state index in [4.69, 9.17) is 9.72 Å². The van der Waals surface area contributed by atoms with Crippen molar-refractivity contribution in [2.75, 3.05) is 44.7 Å². The van der Waals surface area contributed by atoms with Crippen molar-refractivity contribution in [1.29, 1.82) is 0 Å². The monoisotopic (exact) mass is 559 g/mol. The number of anilines is 1. The van der Waals surface area contributed by atoms with Gasteiger partial charge in [-0.15, -0.1) is 11.3 Å². The number of hydrogen-bond acceptors (Lipinski definition) is 6. The lowest BCUT2D eigenvalue weighted by molar-refractivity contribution is 0.116. The Morgan fingerprint density at radius 1 is 1.05 bits per heavy atom. The molecule has 4 aromatic rings. The highest BCUT2D eigenvalue weighted by atomic mass is 32.1. The zero-order chi connectivity index (χ0) is 28.4. The number of thiazole rings is 1. The number of aryl methyl sites for hydroxylation is 1. The first-order valence-electron chi connectivity index (χ1n) is 14.8. The zero-order valence-electron chi connectivity index (χ0n) is 25.3. The SMILES string of the molecule is CCCN1CCN(c2cnc(C(C)OC)c(-c3c(CC(C)(C)C)c4cc(-c5cscn5)ccc4n3CC)c2)CC1. The van der Waals surface area contributed by atoms with Crippen molar-refractivity contribution in [2.45, 2.75) is 67.0 Å². The third kappa shape index (κ3) is 5.83. The molecule has 1 fully saturated rings. The average Bonchev–Trinajstić information content (AvgIpc) is 3.59. The average molecular weight is 560 g/mol. The van der Waals surface area contributed by atoms with Crippen LogP contribution in [-0.2, 0) is 17.7 Å². The van der Waals surface area contributed by atoms with E-state index >= 15 is 0 Å². The van der Waals surface area contributed by atoms with Crippen LogP contribution < -0.4 is 4.90 Å². The first kappa shape index (κ1) is 28.8. The van der Waals surface area contributed by atoms with Crippen LogP contribution in [0.2, 0.25) is 0 Å². The van der Waals surface area contributed by atoms with Crippen molar-refractivity contribution >= 4 is 27.9 Å². The number of piperazine rings is 1. The van der Waals surface area contributed by atoms with Crippen molar-refractivity contribution in [2.24, 2.45) is 5.41 Å². The highest BCUT2D eigenvalue weighted by molar-refractivity contribution is 7.07. The summed E-state index contributed by atoms with van der Waals surface area (Å²) in [6, 6.07) is 9.25. The number of fused-ring (bicyclic) bond motifs is 1. The largest absolute Gasteiger partial charge is 0.375 e. The lowest BCUT2D eigenvalue weighted by Crippen LogP contribution is -2.46. The van der Waals surface area contributed by atoms with Crippen molar-refractivity contribution < 1.29 is 4.74 Å². The quantitative estimate of drug-likeness (QED) is 0.211. The third-order valence-electron chi connectivity index (χ3n) is 8.09. The number of ether oxygens (including phenoxy) is 1. The third-order valence-corrected chi connectivity index (χ3v) is 8.68. The molecule has 1 atom stereocenters. The molecule has 0 aliphatic carbocycles. The van der Waals surface area contributed by atoms with Crippen LogP contribution in [0.1, 0.15) is 65.3 Å². The minimum atomic E-state index is -0.109. The fourth-order valence-electron chi connectivity index (χ4n) is 6.09. The molecule has 1 unspecified atom stereocenters. The Morgan fingerprint density at radius 3 is 2.45 bits per heavy atom. The summed E-state index contributed by atoms with van der Waals surface area (Å²) in [6.07, 6.45) is 4.12. The van der Waals surface area contributed by atoms with Gasteiger partial charge >= 0.3 is 0 Å². The van der Waals surface area contributed by atoms with Gasteiger partial charge < -0.3 is 14.2 Å². The molecule has 0 radical (unpaired) electrons. The van der Waals surface area contributed by atoms with E-state index in [1.54, 1.807) is 18.4 Å². The van der Waals surface area contributed by atoms with Gasteiger partial charge in [0.15, 0.2) is 0 Å². The van der Waals surface area contributed by atoms with E-state index < -0.39 is 0 Å². The van der Waals surface area contributed by atoms with Gasteiger partial charge in [0.1, 0.15) is 0 Å². The minimum absolute atomic E-state index is 0.109. The van der Waals surface area contributed by atoms with Gasteiger partial charge in [0.25, 0.3) is 0 Å². The molecule has 3 aromatic heterocycles. The molecular weight excluding hydrogens is 514 g/mol. The summed E-state index contributed by atoms with van der Waals surface area (Å²) >= 11 is 1.64. The topological polar surface area (TPSA) is 46.4 Å². The molecule has 1 aliphatic rings. The van der Waals surface area contributed by atoms with Crippen LogP contribution in [0, 0.1) is 5.41 Å². The second-order valence-electron chi connectivity index (χ2n) is 12.2. The molecule has 0 bridgehead atoms. The predicted molar refractivity (Wildman–Crippen MR) is 169 cm³/mol. The van der Waals surface area contributed by atoms with Crippen LogP contribution in [0.15, 0.2) is 41.4 Å². The Balaban J connectivity index is 1.71. The molecule has 5 rings (SSSR count). The van der Waals surface area contributed by atoms with Crippen LogP contribution in [0.4, 0.5) is 5.69 Å². The van der Waals surface area contributed by atoms with Crippen LogP contribution in [0.3, 0.4) is 0 Å². The molecule has 40 heavy (non-hydrogen) atoms. The summed E-state index contributed by atoms with van der Waals surface area (Å²) in [6.45, 7) is 19.9. The van der Waals surface area contributed by atoms with Gasteiger partial charge in [0.05, 0.1) is 40.6 Å². The summed E-state index contributed by atoms with van der Waals surface area (Å²) < 4.78 is 8.38. The first-order valence-corrected chi connectivity index (χ1v) is 15.7. The molecule has 0 amide bonds. The van der Waals surface area contributed by atoms with Crippen molar-refractivity contribution in [3.05, 3.63) is 52.6 Å². The van der Waals surface area contributed by atoms with Gasteiger partial charge in [0.2, 0.25) is 0 Å². The molecule has 1 aliphatic heterocycles. The number of benzene rings is 1. The highest BCUT2D eigenvalue weighted by Crippen LogP contribution is 2.42. The van der Waals surface area contributed by atoms with Crippen LogP contribution in [0.5, 0.6) is 0 Å². The van der Waals surface area contributed by atoms with Gasteiger partial charge in [-0.05, 0) is 62.4 Å². The lowest BCUT2D eigenvalue weighted by atomic mass is 9.85. The van der Waals surface area contributed by atoms with E-state index in [0.29, 0.717) is 0 Å². The molecule has 1 saturated heterocycles. The van der Waals surface area contributed by atoms with Crippen LogP contribution >= 0.6 is 11.3 Å². The number of aromatic nitrogens is 3. The second kappa shape index (κ2) is 12.0. The van der Waals surface area contributed by atoms with Gasteiger partial charge in [-0.2, -0.15) is 0 Å². The Bertz CT molecular complexity index is 1430. The molecule has 214 valence electrons. The van der Waals surface area contributed by atoms with Gasteiger partial charge in [-0.3, -0.25) is 9.88 Å². The first-order chi connectivity index (χ1) is 19.2. The standard InChI is InChI=1S/C33H45N5OS/c1-8-12-36-13-15-37(16-14-36)25-18-27(31(34-20-25)23(3)39-7)32-28(19-33(4,5)6)26-17-24(29-21-40-22-35-29)10-11-30(26)38(32)9-2/h10-11,17-18,20-23H,8-9,12-16,19H2,1-7H3. The molecular formula is C33H45N5OS. The van der Waals surface area contributed by atoms with E-state index in [9.17, 15) is 0 Å². The summed E-state index contributed by atoms with van der Waals surface area (Å²) in [5, 5.41) is 3.45. The van der Waals surface area contributed by atoms with Crippen molar-refractivity contribution in [3.8, 4) is 22.5 Å². The molecule has 0 saturated carbocycles. The van der Waals surface area contributed by atoms with E-state index in [1.165, 1.54) is 51.9 Å². The van der Waals surface area contributed by atoms with E-state index in [-0.39, 0.29) is 11.5 Å². The summed E-state index contributed by atoms with van der Waals surface area (Å²) in [4.78, 5) is 14.8. The van der Waals surface area contributed by atoms with Crippen LogP contribution in [0.25, 0.3) is 33.4 Å². The number of hydrogen-bond donors (Lipinski definition) is 0. The number of rotatable bonds is 9. The smallest absolute Gasteiger partial charge is 0.0969 e. The maximum absolute atomic E-state index is 5.88. The molecule has 7 heteroatoms. The number of nitrogens with zero attached hydrogens (tertiary/aromatic N) is 5. The Kier molecular flexibility index (Phi) is 8.64. The zero-order valence-corrected chi connectivity index (χ0v) is 26.1. The maximum Gasteiger partial charge on any atom is 0.0969 e. The summed E-state index contributed by atoms with van der Waals surface area (Å²) in [7, 11) is 1.78. The van der Waals surface area contributed by atoms with Crippen molar-refractivity contribution in [1.82, 2.24) is 19.4 Å². The van der Waals surface area contributed by atoms with Gasteiger partial charge in [-0.1, -0.05) is 33.8 Å². The molecule has 6 nitrogen and oxygen atoms in total. The van der Waals surface area contributed by atoms with Gasteiger partial charge in [0, 0.05) is 67.2 Å². The van der Waals surface area contributed by atoms with Crippen molar-refractivity contribution in [3.63, 3.8) is 0 Å². The predicted octanol–water partition coefficient (Wildman–Crippen LogP) is 7.67. The number of methoxy groups -OCH3 is 1. The number of pyridine rings is 1. The van der Waals surface area contributed by atoms with E-state index in [2.05, 4.69) is 96.7 Å². The summed E-state index contributed by atoms with van der Waals surface area (Å²) in [5.74, 6) is 0. The fourth-order valence-corrected chi connectivity index (χ4v) is 6.65. The molecule has 0 spiro atoms. The maximum atomic E-state index is 5.88. The summed E-state index contributed by atoms with van der Waals surface area (Å²) in [5.41, 5.74) is 11.6. The Morgan fingerprint density at radius 2 is 1.82 bits per heavy atom. The van der Waals surface area contributed by atoms with Gasteiger partial charge in [-0.25, -0.2) is 4.98 Å². The molecule has 0 N–H and O–H groups in total. The lowest BCUT2D eigenvalue weighted by Gasteiger charge is -2.36. The Labute approximate surface area is 244 Å². The Hall–Kier alpha value is -2.74. The molecule has 1 aromatic carbocycles. The molecule has 4 heterocycles. The highest BCUT2D eigenvalue weighted by Gasteiger charge is 2.27. The minimum Gasteiger partial charge on any atom is -0.375 e. The van der Waals surface area contributed by atoms with Crippen LogP contribution in [-0.4, -0.2) is 59.3 Å².